The third-order valence-corrected chi connectivity index (χ3v) is 3.45. The van der Waals surface area contributed by atoms with Crippen LogP contribution >= 0.6 is 0 Å². The summed E-state index contributed by atoms with van der Waals surface area (Å²) in [5.41, 5.74) is 1.74. The molecule has 0 unspecified atom stereocenters. The van der Waals surface area contributed by atoms with Crippen molar-refractivity contribution in [1.82, 2.24) is 0 Å². The van der Waals surface area contributed by atoms with E-state index >= 15 is 0 Å². The van der Waals surface area contributed by atoms with Crippen molar-refractivity contribution in [2.24, 2.45) is 0 Å². The Morgan fingerprint density at radius 3 is 2.50 bits per heavy atom. The van der Waals surface area contributed by atoms with Gasteiger partial charge in [-0.1, -0.05) is 43.7 Å². The zero-order valence-electron chi connectivity index (χ0n) is 13.8. The van der Waals surface area contributed by atoms with Crippen LogP contribution in [-0.4, -0.2) is 13.1 Å². The van der Waals surface area contributed by atoms with E-state index in [-0.39, 0.29) is 5.57 Å². The van der Waals surface area contributed by atoms with Crippen molar-refractivity contribution in [1.29, 1.82) is 5.26 Å². The highest BCUT2D eigenvalue weighted by atomic mass is 16.5. The van der Waals surface area contributed by atoms with Crippen molar-refractivity contribution in [3.8, 4) is 17.6 Å². The molecule has 2 aromatic rings. The molecule has 0 heterocycles. The van der Waals surface area contributed by atoms with Crippen LogP contribution in [-0.2, 0) is 11.2 Å². The van der Waals surface area contributed by atoms with Gasteiger partial charge in [0.15, 0.2) is 0 Å². The van der Waals surface area contributed by atoms with Gasteiger partial charge in [0.2, 0.25) is 0 Å². The fraction of sp³-hybridized carbons (Fsp3) is 0.200. The summed E-state index contributed by atoms with van der Waals surface area (Å²) in [4.78, 5) is 12.2. The number of para-hydroxylation sites is 1. The normalized spacial score (nSPS) is 10.8. The summed E-state index contributed by atoms with van der Waals surface area (Å²) in [5, 5.41) is 9.25. The molecule has 0 N–H and O–H groups in total. The van der Waals surface area contributed by atoms with E-state index in [9.17, 15) is 10.1 Å². The zero-order valence-corrected chi connectivity index (χ0v) is 13.8. The van der Waals surface area contributed by atoms with Crippen molar-refractivity contribution in [3.05, 3.63) is 65.2 Å². The Morgan fingerprint density at radius 2 is 1.88 bits per heavy atom. The summed E-state index contributed by atoms with van der Waals surface area (Å²) in [6.45, 7) is 2.11. The first-order valence-corrected chi connectivity index (χ1v) is 7.74. The number of methoxy groups -OCH3 is 1. The monoisotopic (exact) mass is 321 g/mol. The van der Waals surface area contributed by atoms with Crippen molar-refractivity contribution in [2.45, 2.75) is 19.8 Å². The van der Waals surface area contributed by atoms with Crippen LogP contribution in [0.4, 0.5) is 0 Å². The highest BCUT2D eigenvalue weighted by molar-refractivity contribution is 5.99. The maximum Gasteiger partial charge on any atom is 0.354 e. The summed E-state index contributed by atoms with van der Waals surface area (Å²) in [6, 6.07) is 16.4. The lowest BCUT2D eigenvalue weighted by atomic mass is 10.1. The molecule has 0 aliphatic carbocycles. The quantitative estimate of drug-likeness (QED) is 0.347. The summed E-state index contributed by atoms with van der Waals surface area (Å²) in [6.07, 6.45) is 3.50. The van der Waals surface area contributed by atoms with Crippen molar-refractivity contribution < 1.29 is 14.3 Å². The van der Waals surface area contributed by atoms with Gasteiger partial charge in [-0.2, -0.15) is 5.26 Å². The summed E-state index contributed by atoms with van der Waals surface area (Å²) < 4.78 is 10.5. The van der Waals surface area contributed by atoms with Gasteiger partial charge in [0.1, 0.15) is 23.1 Å². The van der Waals surface area contributed by atoms with Crippen LogP contribution in [0.1, 0.15) is 24.5 Å². The first-order chi connectivity index (χ1) is 11.7. The molecule has 0 aromatic heterocycles. The van der Waals surface area contributed by atoms with Gasteiger partial charge in [0.05, 0.1) is 7.11 Å². The second-order valence-electron chi connectivity index (χ2n) is 5.20. The Bertz CT molecular complexity index is 770. The van der Waals surface area contributed by atoms with E-state index in [4.69, 9.17) is 9.47 Å². The Kier molecular flexibility index (Phi) is 6.16. The van der Waals surface area contributed by atoms with Gasteiger partial charge < -0.3 is 9.47 Å². The number of carbonyl (C=O) groups excluding carboxylic acids is 1. The van der Waals surface area contributed by atoms with E-state index in [0.717, 1.165) is 12.8 Å². The second-order valence-corrected chi connectivity index (χ2v) is 5.20. The summed E-state index contributed by atoms with van der Waals surface area (Å²) in [5.74, 6) is 0.314. The number of nitriles is 1. The first-order valence-electron chi connectivity index (χ1n) is 7.74. The van der Waals surface area contributed by atoms with E-state index in [1.165, 1.54) is 18.7 Å². The lowest BCUT2D eigenvalue weighted by Crippen LogP contribution is -2.10. The average molecular weight is 321 g/mol. The smallest absolute Gasteiger partial charge is 0.354 e. The van der Waals surface area contributed by atoms with Crippen molar-refractivity contribution >= 4 is 12.0 Å². The molecule has 0 saturated carbocycles. The number of benzene rings is 2. The number of hydrogen-bond donors (Lipinski definition) is 0. The zero-order chi connectivity index (χ0) is 17.4. The van der Waals surface area contributed by atoms with Crippen LogP contribution in [0.5, 0.6) is 11.5 Å². The minimum absolute atomic E-state index is 0.0860. The minimum atomic E-state index is -0.688. The fourth-order valence-corrected chi connectivity index (χ4v) is 2.25. The summed E-state index contributed by atoms with van der Waals surface area (Å²) in [7, 11) is 1.54. The second kappa shape index (κ2) is 8.54. The Morgan fingerprint density at radius 1 is 1.17 bits per heavy atom. The van der Waals surface area contributed by atoms with Gasteiger partial charge in [-0.3, -0.25) is 0 Å². The van der Waals surface area contributed by atoms with Crippen LogP contribution < -0.4 is 9.47 Å². The van der Waals surface area contributed by atoms with Gasteiger partial charge in [0.25, 0.3) is 0 Å². The van der Waals surface area contributed by atoms with Crippen LogP contribution in [0.15, 0.2) is 54.1 Å². The molecule has 4 nitrogen and oxygen atoms in total. The maximum atomic E-state index is 12.2. The Labute approximate surface area is 141 Å². The molecule has 0 aliphatic rings. The topological polar surface area (TPSA) is 59.3 Å². The largest absolute Gasteiger partial charge is 0.496 e. The molecule has 0 bridgehead atoms. The van der Waals surface area contributed by atoms with Crippen LogP contribution in [0.2, 0.25) is 0 Å². The number of ether oxygens (including phenoxy) is 2. The van der Waals surface area contributed by atoms with Gasteiger partial charge in [-0.05, 0) is 36.3 Å². The van der Waals surface area contributed by atoms with E-state index in [0.29, 0.717) is 17.1 Å². The number of esters is 1. The predicted octanol–water partition coefficient (Wildman–Crippen LogP) is 4.16. The van der Waals surface area contributed by atoms with Gasteiger partial charge >= 0.3 is 5.97 Å². The van der Waals surface area contributed by atoms with Gasteiger partial charge in [-0.25, -0.2) is 4.79 Å². The molecule has 0 amide bonds. The lowest BCUT2D eigenvalue weighted by Gasteiger charge is -2.06. The van der Waals surface area contributed by atoms with E-state index in [1.807, 2.05) is 24.3 Å². The molecular formula is C20H19NO3. The highest BCUT2D eigenvalue weighted by Gasteiger charge is 2.13. The standard InChI is InChI=1S/C20H19NO3/c1-3-6-15-9-11-18(12-10-15)24-20(22)17(14-21)13-16-7-4-5-8-19(16)23-2/h4-5,7-13H,3,6H2,1-2H3/b17-13+. The third-order valence-electron chi connectivity index (χ3n) is 3.45. The molecule has 0 aliphatic heterocycles. The molecule has 0 radical (unpaired) electrons. The van der Waals surface area contributed by atoms with E-state index in [2.05, 4.69) is 6.92 Å². The van der Waals surface area contributed by atoms with Crippen LogP contribution in [0.25, 0.3) is 6.08 Å². The number of nitrogens with zero attached hydrogens (tertiary/aromatic N) is 1. The van der Waals surface area contributed by atoms with Gasteiger partial charge in [-0.15, -0.1) is 0 Å². The first kappa shape index (κ1) is 17.3. The average Bonchev–Trinajstić information content (AvgIpc) is 2.61. The van der Waals surface area contributed by atoms with E-state index in [1.54, 1.807) is 30.3 Å². The number of carbonyl (C=O) groups is 1. The molecule has 0 saturated heterocycles. The highest BCUT2D eigenvalue weighted by Crippen LogP contribution is 2.21. The molecule has 0 atom stereocenters. The minimum Gasteiger partial charge on any atom is -0.496 e. The van der Waals surface area contributed by atoms with Gasteiger partial charge in [0, 0.05) is 5.56 Å². The Hall–Kier alpha value is -3.06. The molecule has 122 valence electrons. The SMILES string of the molecule is CCCc1ccc(OC(=O)/C(C#N)=C/c2ccccc2OC)cc1. The molecule has 24 heavy (non-hydrogen) atoms. The molecule has 0 spiro atoms. The van der Waals surface area contributed by atoms with Crippen molar-refractivity contribution in [2.75, 3.05) is 7.11 Å². The molecular weight excluding hydrogens is 302 g/mol. The molecule has 2 rings (SSSR count). The lowest BCUT2D eigenvalue weighted by molar-refractivity contribution is -0.129. The number of rotatable bonds is 6. The summed E-state index contributed by atoms with van der Waals surface area (Å²) >= 11 is 0. The number of aryl methyl sites for hydroxylation is 1. The molecule has 0 fully saturated rings. The predicted molar refractivity (Wildman–Crippen MR) is 92.7 cm³/mol. The van der Waals surface area contributed by atoms with Crippen LogP contribution in [0, 0.1) is 11.3 Å². The fourth-order valence-electron chi connectivity index (χ4n) is 2.25. The molecule has 4 heteroatoms. The van der Waals surface area contributed by atoms with E-state index < -0.39 is 5.97 Å². The Balaban J connectivity index is 2.17. The van der Waals surface area contributed by atoms with Crippen molar-refractivity contribution in [3.63, 3.8) is 0 Å². The van der Waals surface area contributed by atoms with Crippen LogP contribution in [0.3, 0.4) is 0 Å². The molecule has 2 aromatic carbocycles. The third kappa shape index (κ3) is 4.47. The number of hydrogen-bond acceptors (Lipinski definition) is 4. The maximum absolute atomic E-state index is 12.2.